The standard InChI is InChI=1S/C26H29FN6O2S/c1-26(2,3)35-25(34)32-12-4-5-17(16-32)15-29-23-28-11-10-20(30-23)22-21(18-6-8-19(27)9-7-18)31-24-33(22)13-14-36-24/h6-11,13-14,17H,4-5,12,15-16H2,1-3H3,(H,28,29,30). The molecule has 0 aliphatic carbocycles. The van der Waals surface area contributed by atoms with Crippen LogP contribution >= 0.6 is 11.3 Å². The molecular formula is C26H29FN6O2S. The zero-order valence-electron chi connectivity index (χ0n) is 20.6. The molecule has 4 aromatic rings. The molecule has 1 aliphatic rings. The van der Waals surface area contributed by atoms with Crippen molar-refractivity contribution in [2.24, 2.45) is 5.92 Å². The molecule has 4 heterocycles. The number of hydrogen-bond donors (Lipinski definition) is 1. The van der Waals surface area contributed by atoms with Crippen molar-refractivity contribution in [3.05, 3.63) is 53.9 Å². The Hall–Kier alpha value is -3.53. The fourth-order valence-corrected chi connectivity index (χ4v) is 5.09. The van der Waals surface area contributed by atoms with Gasteiger partial charge in [-0.25, -0.2) is 24.1 Å². The van der Waals surface area contributed by atoms with Crippen LogP contribution in [0.2, 0.25) is 0 Å². The van der Waals surface area contributed by atoms with Gasteiger partial charge in [-0.2, -0.15) is 0 Å². The minimum Gasteiger partial charge on any atom is -0.444 e. The van der Waals surface area contributed by atoms with Crippen molar-refractivity contribution in [2.45, 2.75) is 39.2 Å². The Morgan fingerprint density at radius 3 is 2.81 bits per heavy atom. The first kappa shape index (κ1) is 24.2. The monoisotopic (exact) mass is 508 g/mol. The highest BCUT2D eigenvalue weighted by Crippen LogP contribution is 2.33. The number of imidazole rings is 1. The van der Waals surface area contributed by atoms with Gasteiger partial charge < -0.3 is 15.0 Å². The number of likely N-dealkylation sites (tertiary alicyclic amines) is 1. The summed E-state index contributed by atoms with van der Waals surface area (Å²) in [6, 6.07) is 8.18. The van der Waals surface area contributed by atoms with Gasteiger partial charge in [0.05, 0.1) is 11.4 Å². The van der Waals surface area contributed by atoms with E-state index in [1.165, 1.54) is 23.5 Å². The lowest BCUT2D eigenvalue weighted by Gasteiger charge is -2.34. The number of anilines is 1. The number of hydrogen-bond acceptors (Lipinski definition) is 7. The van der Waals surface area contributed by atoms with E-state index in [1.807, 2.05) is 42.8 Å². The SMILES string of the molecule is CC(C)(C)OC(=O)N1CCCC(CNc2nccc(-c3c(-c4ccc(F)cc4)nc4sccn34)n2)C1. The number of ether oxygens (including phenoxy) is 1. The molecule has 36 heavy (non-hydrogen) atoms. The van der Waals surface area contributed by atoms with E-state index < -0.39 is 5.60 Å². The minimum atomic E-state index is -0.509. The van der Waals surface area contributed by atoms with Crippen molar-refractivity contribution in [1.82, 2.24) is 24.3 Å². The average Bonchev–Trinajstić information content (AvgIpc) is 3.44. The summed E-state index contributed by atoms with van der Waals surface area (Å²) < 4.78 is 21.1. The number of halogens is 1. The molecule has 1 atom stereocenters. The van der Waals surface area contributed by atoms with Crippen LogP contribution in [-0.2, 0) is 4.74 Å². The number of piperidine rings is 1. The van der Waals surface area contributed by atoms with E-state index in [9.17, 15) is 9.18 Å². The zero-order valence-corrected chi connectivity index (χ0v) is 21.4. The lowest BCUT2D eigenvalue weighted by molar-refractivity contribution is 0.0172. The van der Waals surface area contributed by atoms with Crippen molar-refractivity contribution >= 4 is 28.3 Å². The summed E-state index contributed by atoms with van der Waals surface area (Å²) in [6.45, 7) is 7.63. The van der Waals surface area contributed by atoms with E-state index in [1.54, 1.807) is 23.2 Å². The quantitative estimate of drug-likeness (QED) is 0.371. The highest BCUT2D eigenvalue weighted by atomic mass is 32.1. The Kier molecular flexibility index (Phi) is 6.61. The summed E-state index contributed by atoms with van der Waals surface area (Å²) >= 11 is 1.53. The maximum absolute atomic E-state index is 13.5. The predicted molar refractivity (Wildman–Crippen MR) is 139 cm³/mol. The average molecular weight is 509 g/mol. The number of aromatic nitrogens is 4. The van der Waals surface area contributed by atoms with Gasteiger partial charge >= 0.3 is 6.09 Å². The Morgan fingerprint density at radius 2 is 2.03 bits per heavy atom. The first-order chi connectivity index (χ1) is 17.3. The molecule has 0 spiro atoms. The maximum Gasteiger partial charge on any atom is 0.410 e. The van der Waals surface area contributed by atoms with Gasteiger partial charge in [0.25, 0.3) is 0 Å². The molecule has 0 radical (unpaired) electrons. The lowest BCUT2D eigenvalue weighted by Crippen LogP contribution is -2.44. The molecule has 0 saturated carbocycles. The molecule has 188 valence electrons. The smallest absolute Gasteiger partial charge is 0.410 e. The largest absolute Gasteiger partial charge is 0.444 e. The van der Waals surface area contributed by atoms with Crippen molar-refractivity contribution in [1.29, 1.82) is 0 Å². The predicted octanol–water partition coefficient (Wildman–Crippen LogP) is 5.72. The number of amides is 1. The van der Waals surface area contributed by atoms with Gasteiger partial charge in [0.15, 0.2) is 4.96 Å². The molecule has 10 heteroatoms. The van der Waals surface area contributed by atoms with Crippen LogP contribution in [0.15, 0.2) is 48.1 Å². The molecule has 1 unspecified atom stereocenters. The van der Waals surface area contributed by atoms with E-state index >= 15 is 0 Å². The van der Waals surface area contributed by atoms with Gasteiger partial charge in [0, 0.05) is 43.0 Å². The summed E-state index contributed by atoms with van der Waals surface area (Å²) in [5.74, 6) is 0.492. The third-order valence-corrected chi connectivity index (χ3v) is 6.75. The van der Waals surface area contributed by atoms with E-state index in [2.05, 4.69) is 10.3 Å². The fraction of sp³-hybridized carbons (Fsp3) is 0.385. The van der Waals surface area contributed by atoms with E-state index in [0.717, 1.165) is 40.4 Å². The summed E-state index contributed by atoms with van der Waals surface area (Å²) in [6.07, 6.45) is 5.36. The first-order valence-corrected chi connectivity index (χ1v) is 12.9. The second-order valence-corrected chi connectivity index (χ2v) is 10.8. The summed E-state index contributed by atoms with van der Waals surface area (Å²) in [4.78, 5) is 29.1. The van der Waals surface area contributed by atoms with Crippen LogP contribution in [0.3, 0.4) is 0 Å². The van der Waals surface area contributed by atoms with Crippen LogP contribution in [0.25, 0.3) is 27.6 Å². The normalized spacial score (nSPS) is 16.3. The fourth-order valence-electron chi connectivity index (χ4n) is 4.37. The number of nitrogens with one attached hydrogen (secondary N) is 1. The first-order valence-electron chi connectivity index (χ1n) is 12.0. The third-order valence-electron chi connectivity index (χ3n) is 6.00. The van der Waals surface area contributed by atoms with Crippen LogP contribution < -0.4 is 5.32 Å². The van der Waals surface area contributed by atoms with E-state index in [0.29, 0.717) is 25.6 Å². The molecule has 1 aliphatic heterocycles. The van der Waals surface area contributed by atoms with Gasteiger partial charge in [-0.3, -0.25) is 4.40 Å². The van der Waals surface area contributed by atoms with Crippen LogP contribution in [0, 0.1) is 11.7 Å². The summed E-state index contributed by atoms with van der Waals surface area (Å²) in [7, 11) is 0. The van der Waals surface area contributed by atoms with Crippen molar-refractivity contribution < 1.29 is 13.9 Å². The van der Waals surface area contributed by atoms with Gasteiger partial charge in [0.2, 0.25) is 5.95 Å². The Balaban J connectivity index is 1.33. The number of nitrogens with zero attached hydrogens (tertiary/aromatic N) is 5. The van der Waals surface area contributed by atoms with Crippen LogP contribution in [-0.4, -0.2) is 55.6 Å². The number of benzene rings is 1. The Morgan fingerprint density at radius 1 is 1.22 bits per heavy atom. The van der Waals surface area contributed by atoms with E-state index in [4.69, 9.17) is 14.7 Å². The molecule has 1 saturated heterocycles. The molecule has 1 fully saturated rings. The third kappa shape index (κ3) is 5.33. The maximum atomic E-state index is 13.5. The zero-order chi connectivity index (χ0) is 25.3. The number of thiazole rings is 1. The molecule has 8 nitrogen and oxygen atoms in total. The van der Waals surface area contributed by atoms with Crippen LogP contribution in [0.5, 0.6) is 0 Å². The summed E-state index contributed by atoms with van der Waals surface area (Å²) in [5.41, 5.74) is 2.60. The number of rotatable bonds is 5. The molecule has 0 bridgehead atoms. The van der Waals surface area contributed by atoms with Crippen molar-refractivity contribution in [3.63, 3.8) is 0 Å². The van der Waals surface area contributed by atoms with Crippen molar-refractivity contribution in [2.75, 3.05) is 25.0 Å². The van der Waals surface area contributed by atoms with Gasteiger partial charge in [-0.15, -0.1) is 11.3 Å². The summed E-state index contributed by atoms with van der Waals surface area (Å²) in [5, 5.41) is 5.33. The van der Waals surface area contributed by atoms with E-state index in [-0.39, 0.29) is 17.8 Å². The number of carbonyl (C=O) groups excluding carboxylic acids is 1. The lowest BCUT2D eigenvalue weighted by atomic mass is 9.98. The van der Waals surface area contributed by atoms with Crippen LogP contribution in [0.1, 0.15) is 33.6 Å². The Bertz CT molecular complexity index is 1360. The molecule has 3 aromatic heterocycles. The number of carbonyl (C=O) groups is 1. The topological polar surface area (TPSA) is 84.6 Å². The van der Waals surface area contributed by atoms with Crippen molar-refractivity contribution in [3.8, 4) is 22.6 Å². The van der Waals surface area contributed by atoms with Gasteiger partial charge in [-0.05, 0) is 69.9 Å². The molecule has 1 aromatic carbocycles. The van der Waals surface area contributed by atoms with Gasteiger partial charge in [0.1, 0.15) is 17.1 Å². The Labute approximate surface area is 213 Å². The molecule has 5 rings (SSSR count). The molecule has 1 N–H and O–H groups in total. The van der Waals surface area contributed by atoms with Crippen LogP contribution in [0.4, 0.5) is 15.1 Å². The highest BCUT2D eigenvalue weighted by Gasteiger charge is 2.27. The number of fused-ring (bicyclic) bond motifs is 1. The van der Waals surface area contributed by atoms with Gasteiger partial charge in [-0.1, -0.05) is 0 Å². The highest BCUT2D eigenvalue weighted by molar-refractivity contribution is 7.15. The second kappa shape index (κ2) is 9.85. The molecule has 1 amide bonds. The molecular weight excluding hydrogens is 479 g/mol. The second-order valence-electron chi connectivity index (χ2n) is 9.95. The minimum absolute atomic E-state index is 0.265.